The molecule has 0 bridgehead atoms. The van der Waals surface area contributed by atoms with E-state index in [4.69, 9.17) is 11.6 Å². The molecule has 0 aliphatic rings. The Morgan fingerprint density at radius 2 is 1.78 bits per heavy atom. The molecule has 0 spiro atoms. The molecular formula is C26H35ClFN3O4S. The molecule has 10 heteroatoms. The molecule has 2 aromatic carbocycles. The van der Waals surface area contributed by atoms with Gasteiger partial charge >= 0.3 is 0 Å². The molecule has 0 fully saturated rings. The Morgan fingerprint density at radius 3 is 2.39 bits per heavy atom. The molecule has 0 radical (unpaired) electrons. The Balaban J connectivity index is 2.17. The van der Waals surface area contributed by atoms with E-state index in [9.17, 15) is 22.4 Å². The van der Waals surface area contributed by atoms with Crippen molar-refractivity contribution in [3.05, 3.63) is 64.4 Å². The second-order valence-corrected chi connectivity index (χ2v) is 11.1. The van der Waals surface area contributed by atoms with Crippen LogP contribution >= 0.6 is 11.6 Å². The molecule has 2 aromatic rings. The summed E-state index contributed by atoms with van der Waals surface area (Å²) in [5.74, 6) is -0.959. The van der Waals surface area contributed by atoms with Gasteiger partial charge in [0, 0.05) is 31.1 Å². The van der Waals surface area contributed by atoms with Crippen molar-refractivity contribution in [3.8, 4) is 0 Å². The minimum atomic E-state index is -3.62. The molecule has 0 saturated heterocycles. The van der Waals surface area contributed by atoms with Crippen LogP contribution in [-0.2, 0) is 26.2 Å². The van der Waals surface area contributed by atoms with Crippen molar-refractivity contribution < 1.29 is 22.4 Å². The van der Waals surface area contributed by atoms with E-state index in [-0.39, 0.29) is 43.6 Å². The number of sulfonamides is 1. The van der Waals surface area contributed by atoms with Gasteiger partial charge in [-0.3, -0.25) is 13.9 Å². The fourth-order valence-electron chi connectivity index (χ4n) is 3.75. The number of nitrogens with zero attached hydrogens (tertiary/aromatic N) is 2. The van der Waals surface area contributed by atoms with Crippen LogP contribution in [0.2, 0.25) is 5.02 Å². The SMILES string of the molecule is CCCCNC(=O)C(C)N(Cc1ccc(F)cc1)C(=O)CCCN(c1cccc(Cl)c1C)S(C)(=O)=O. The maximum atomic E-state index is 13.4. The molecule has 0 aromatic heterocycles. The van der Waals surface area contributed by atoms with E-state index in [0.717, 1.165) is 19.1 Å². The number of nitrogens with one attached hydrogen (secondary N) is 1. The van der Waals surface area contributed by atoms with Gasteiger partial charge in [-0.15, -0.1) is 0 Å². The summed E-state index contributed by atoms with van der Waals surface area (Å²) < 4.78 is 39.6. The predicted octanol–water partition coefficient (Wildman–Crippen LogP) is 4.67. The molecule has 198 valence electrons. The minimum absolute atomic E-state index is 0.0272. The Morgan fingerprint density at radius 1 is 1.11 bits per heavy atom. The highest BCUT2D eigenvalue weighted by molar-refractivity contribution is 7.92. The van der Waals surface area contributed by atoms with Crippen LogP contribution in [0.5, 0.6) is 0 Å². The number of carbonyl (C=O) groups excluding carboxylic acids is 2. The minimum Gasteiger partial charge on any atom is -0.354 e. The Bertz CT molecular complexity index is 1140. The van der Waals surface area contributed by atoms with Gasteiger partial charge in [-0.2, -0.15) is 0 Å². The zero-order valence-electron chi connectivity index (χ0n) is 21.3. The molecular weight excluding hydrogens is 505 g/mol. The standard InChI is InChI=1S/C26H35ClFN3O4S/c1-5-6-16-29-26(33)20(3)30(18-21-12-14-22(28)15-13-21)25(32)11-8-17-31(36(4,34)35)24-10-7-9-23(27)19(24)2/h7,9-10,12-15,20H,5-6,8,11,16-18H2,1-4H3,(H,29,33). The van der Waals surface area contributed by atoms with Gasteiger partial charge in [-0.05, 0) is 62.1 Å². The van der Waals surface area contributed by atoms with Gasteiger partial charge in [0.1, 0.15) is 11.9 Å². The van der Waals surface area contributed by atoms with Crippen LogP contribution in [-0.4, -0.2) is 50.5 Å². The van der Waals surface area contributed by atoms with Crippen molar-refractivity contribution >= 4 is 39.1 Å². The van der Waals surface area contributed by atoms with E-state index in [2.05, 4.69) is 5.32 Å². The fraction of sp³-hybridized carbons (Fsp3) is 0.462. The first-order valence-electron chi connectivity index (χ1n) is 12.0. The van der Waals surface area contributed by atoms with Crippen LogP contribution in [0.25, 0.3) is 0 Å². The largest absolute Gasteiger partial charge is 0.354 e. The Kier molecular flexibility index (Phi) is 11.2. The number of benzene rings is 2. The van der Waals surface area contributed by atoms with E-state index < -0.39 is 16.1 Å². The second kappa shape index (κ2) is 13.6. The van der Waals surface area contributed by atoms with Crippen LogP contribution in [0.4, 0.5) is 10.1 Å². The third kappa shape index (κ3) is 8.48. The summed E-state index contributed by atoms with van der Waals surface area (Å²) in [7, 11) is -3.62. The Hall–Kier alpha value is -2.65. The lowest BCUT2D eigenvalue weighted by atomic mass is 10.1. The van der Waals surface area contributed by atoms with Gasteiger partial charge < -0.3 is 10.2 Å². The smallest absolute Gasteiger partial charge is 0.242 e. The van der Waals surface area contributed by atoms with Crippen molar-refractivity contribution in [2.24, 2.45) is 0 Å². The number of carbonyl (C=O) groups is 2. The van der Waals surface area contributed by atoms with Crippen LogP contribution < -0.4 is 9.62 Å². The molecule has 2 rings (SSSR count). The zero-order chi connectivity index (χ0) is 26.9. The molecule has 36 heavy (non-hydrogen) atoms. The number of anilines is 1. The second-order valence-electron chi connectivity index (χ2n) is 8.79. The molecule has 1 N–H and O–H groups in total. The number of unbranched alkanes of at least 4 members (excludes halogenated alkanes) is 1. The zero-order valence-corrected chi connectivity index (χ0v) is 22.8. The third-order valence-corrected chi connectivity index (χ3v) is 7.51. The highest BCUT2D eigenvalue weighted by atomic mass is 35.5. The van der Waals surface area contributed by atoms with Crippen molar-refractivity contribution in [3.63, 3.8) is 0 Å². The number of hydrogen-bond acceptors (Lipinski definition) is 4. The molecule has 0 aliphatic carbocycles. The number of halogens is 2. The normalized spacial score (nSPS) is 12.2. The van der Waals surface area contributed by atoms with E-state index in [1.807, 2.05) is 6.92 Å². The lowest BCUT2D eigenvalue weighted by Crippen LogP contribution is -2.48. The summed E-state index contributed by atoms with van der Waals surface area (Å²) in [6.07, 6.45) is 3.13. The maximum Gasteiger partial charge on any atom is 0.242 e. The average molecular weight is 540 g/mol. The summed E-state index contributed by atoms with van der Waals surface area (Å²) in [6.45, 7) is 6.13. The summed E-state index contributed by atoms with van der Waals surface area (Å²) in [6, 6.07) is 10.0. The summed E-state index contributed by atoms with van der Waals surface area (Å²) in [4.78, 5) is 27.4. The van der Waals surface area contributed by atoms with E-state index in [0.29, 0.717) is 28.4 Å². The highest BCUT2D eigenvalue weighted by Crippen LogP contribution is 2.28. The highest BCUT2D eigenvalue weighted by Gasteiger charge is 2.27. The van der Waals surface area contributed by atoms with Crippen molar-refractivity contribution in [2.45, 2.75) is 59.0 Å². The predicted molar refractivity (Wildman–Crippen MR) is 142 cm³/mol. The van der Waals surface area contributed by atoms with Crippen molar-refractivity contribution in [1.82, 2.24) is 10.2 Å². The van der Waals surface area contributed by atoms with Crippen LogP contribution in [0, 0.1) is 12.7 Å². The van der Waals surface area contributed by atoms with Gasteiger partial charge in [0.05, 0.1) is 11.9 Å². The average Bonchev–Trinajstić information content (AvgIpc) is 2.82. The molecule has 0 saturated carbocycles. The monoisotopic (exact) mass is 539 g/mol. The van der Waals surface area contributed by atoms with Gasteiger partial charge in [-0.25, -0.2) is 12.8 Å². The number of hydrogen-bond donors (Lipinski definition) is 1. The first-order valence-corrected chi connectivity index (χ1v) is 14.2. The molecule has 7 nitrogen and oxygen atoms in total. The van der Waals surface area contributed by atoms with Gasteiger partial charge in [0.15, 0.2) is 0 Å². The molecule has 0 heterocycles. The van der Waals surface area contributed by atoms with Crippen molar-refractivity contribution in [1.29, 1.82) is 0 Å². The summed E-state index contributed by atoms with van der Waals surface area (Å²) in [5.41, 5.74) is 1.78. The maximum absolute atomic E-state index is 13.4. The summed E-state index contributed by atoms with van der Waals surface area (Å²) >= 11 is 6.19. The van der Waals surface area contributed by atoms with Gasteiger partial charge in [-0.1, -0.05) is 43.1 Å². The van der Waals surface area contributed by atoms with Crippen LogP contribution in [0.3, 0.4) is 0 Å². The molecule has 1 unspecified atom stereocenters. The lowest BCUT2D eigenvalue weighted by Gasteiger charge is -2.29. The number of rotatable bonds is 13. The third-order valence-electron chi connectivity index (χ3n) is 5.92. The lowest BCUT2D eigenvalue weighted by molar-refractivity contribution is -0.140. The van der Waals surface area contributed by atoms with E-state index in [1.165, 1.54) is 21.3 Å². The number of amides is 2. The quantitative estimate of drug-likeness (QED) is 0.375. The van der Waals surface area contributed by atoms with Gasteiger partial charge in [0.2, 0.25) is 21.8 Å². The first-order chi connectivity index (χ1) is 17.0. The molecule has 0 aliphatic heterocycles. The van der Waals surface area contributed by atoms with E-state index >= 15 is 0 Å². The first kappa shape index (κ1) is 29.6. The molecule has 2 amide bonds. The fourth-order valence-corrected chi connectivity index (χ4v) is 4.94. The van der Waals surface area contributed by atoms with E-state index in [1.54, 1.807) is 44.2 Å². The van der Waals surface area contributed by atoms with Gasteiger partial charge in [0.25, 0.3) is 0 Å². The summed E-state index contributed by atoms with van der Waals surface area (Å²) in [5, 5.41) is 3.30. The van der Waals surface area contributed by atoms with Crippen LogP contribution in [0.1, 0.15) is 50.7 Å². The van der Waals surface area contributed by atoms with Crippen molar-refractivity contribution in [2.75, 3.05) is 23.7 Å². The van der Waals surface area contributed by atoms with Crippen LogP contribution in [0.15, 0.2) is 42.5 Å². The topological polar surface area (TPSA) is 86.8 Å². The Labute approximate surface area is 218 Å². The molecule has 1 atom stereocenters.